The number of aromatic nitrogens is 1. The molecular weight excluding hydrogens is 288 g/mol. The molecule has 0 aliphatic heterocycles. The number of carboxylic acids is 2. The third-order valence-electron chi connectivity index (χ3n) is 2.35. The number of nitrogens with one attached hydrogen (secondary N) is 1. The van der Waals surface area contributed by atoms with E-state index in [1.54, 1.807) is 18.2 Å². The van der Waals surface area contributed by atoms with Gasteiger partial charge in [0.15, 0.2) is 0 Å². The van der Waals surface area contributed by atoms with Crippen molar-refractivity contribution in [3.05, 3.63) is 30.1 Å². The lowest BCUT2D eigenvalue weighted by Crippen LogP contribution is -2.43. The highest BCUT2D eigenvalue weighted by molar-refractivity contribution is 7.89. The minimum Gasteiger partial charge on any atom is -0.481 e. The molecule has 20 heavy (non-hydrogen) atoms. The van der Waals surface area contributed by atoms with Crippen molar-refractivity contribution in [1.82, 2.24) is 9.71 Å². The summed E-state index contributed by atoms with van der Waals surface area (Å²) in [4.78, 5) is 25.2. The smallest absolute Gasteiger partial charge is 0.322 e. The van der Waals surface area contributed by atoms with Gasteiger partial charge < -0.3 is 10.2 Å². The molecule has 3 N–H and O–H groups in total. The zero-order valence-corrected chi connectivity index (χ0v) is 11.2. The van der Waals surface area contributed by atoms with Gasteiger partial charge in [0, 0.05) is 18.3 Å². The van der Waals surface area contributed by atoms with Crippen molar-refractivity contribution in [2.75, 3.05) is 5.75 Å². The molecule has 110 valence electrons. The van der Waals surface area contributed by atoms with Crippen molar-refractivity contribution < 1.29 is 28.2 Å². The number of pyridine rings is 1. The molecule has 1 aromatic heterocycles. The Hall–Kier alpha value is -2.00. The number of sulfonamides is 1. The van der Waals surface area contributed by atoms with E-state index in [-0.39, 0.29) is 12.2 Å². The van der Waals surface area contributed by atoms with Crippen LogP contribution in [0, 0.1) is 0 Å². The van der Waals surface area contributed by atoms with Crippen molar-refractivity contribution >= 4 is 22.0 Å². The van der Waals surface area contributed by atoms with Crippen LogP contribution in [0.15, 0.2) is 24.4 Å². The molecule has 0 saturated carbocycles. The highest BCUT2D eigenvalue weighted by atomic mass is 32.2. The van der Waals surface area contributed by atoms with Crippen LogP contribution in [0.2, 0.25) is 0 Å². The molecule has 0 aliphatic rings. The number of aliphatic carboxylic acids is 2. The summed E-state index contributed by atoms with van der Waals surface area (Å²) in [6.45, 7) is 0. The zero-order chi connectivity index (χ0) is 15.2. The van der Waals surface area contributed by atoms with Crippen molar-refractivity contribution in [3.8, 4) is 0 Å². The topological polar surface area (TPSA) is 134 Å². The first kappa shape index (κ1) is 16.1. The summed E-state index contributed by atoms with van der Waals surface area (Å²) < 4.78 is 25.3. The first-order chi connectivity index (χ1) is 9.30. The van der Waals surface area contributed by atoms with Crippen LogP contribution in [0.3, 0.4) is 0 Å². The molecule has 8 nitrogen and oxygen atoms in total. The van der Waals surface area contributed by atoms with Crippen LogP contribution < -0.4 is 4.72 Å². The lowest BCUT2D eigenvalue weighted by molar-refractivity contribution is -0.145. The minimum atomic E-state index is -3.90. The van der Waals surface area contributed by atoms with Crippen LogP contribution in [0.1, 0.15) is 12.1 Å². The fourth-order valence-electron chi connectivity index (χ4n) is 1.41. The van der Waals surface area contributed by atoms with E-state index in [9.17, 15) is 18.0 Å². The molecule has 9 heteroatoms. The monoisotopic (exact) mass is 302 g/mol. The van der Waals surface area contributed by atoms with Crippen molar-refractivity contribution in [2.45, 2.75) is 18.9 Å². The lowest BCUT2D eigenvalue weighted by atomic mass is 10.2. The van der Waals surface area contributed by atoms with Crippen LogP contribution in [0.5, 0.6) is 0 Å². The van der Waals surface area contributed by atoms with E-state index < -0.39 is 34.4 Å². The first-order valence-corrected chi connectivity index (χ1v) is 7.30. The molecule has 0 bridgehead atoms. The molecule has 0 spiro atoms. The summed E-state index contributed by atoms with van der Waals surface area (Å²) in [6, 6.07) is 3.35. The third-order valence-corrected chi connectivity index (χ3v) is 3.74. The standard InChI is InChI=1S/C11H14N2O6S/c14-10(15)7-9(11(16)17)13-20(18,19)6-4-8-3-1-2-5-12-8/h1-3,5,9,13H,4,6-7H2,(H,14,15)(H,16,17). The Morgan fingerprint density at radius 1 is 1.30 bits per heavy atom. The van der Waals surface area contributed by atoms with Gasteiger partial charge in [-0.25, -0.2) is 13.1 Å². The number of carbonyl (C=O) groups is 2. The SMILES string of the molecule is O=C(O)CC(NS(=O)(=O)CCc1ccccn1)C(=O)O. The Bertz CT molecular complexity index is 572. The van der Waals surface area contributed by atoms with E-state index in [0.29, 0.717) is 5.69 Å². The van der Waals surface area contributed by atoms with E-state index in [0.717, 1.165) is 0 Å². The van der Waals surface area contributed by atoms with E-state index in [2.05, 4.69) is 4.98 Å². The van der Waals surface area contributed by atoms with E-state index in [1.165, 1.54) is 6.20 Å². The van der Waals surface area contributed by atoms with Gasteiger partial charge in [0.05, 0.1) is 12.2 Å². The van der Waals surface area contributed by atoms with Gasteiger partial charge >= 0.3 is 11.9 Å². The quantitative estimate of drug-likeness (QED) is 0.587. The van der Waals surface area contributed by atoms with Crippen molar-refractivity contribution in [3.63, 3.8) is 0 Å². The molecule has 0 fully saturated rings. The van der Waals surface area contributed by atoms with Gasteiger partial charge in [-0.05, 0) is 12.1 Å². The van der Waals surface area contributed by atoms with Gasteiger partial charge in [0.1, 0.15) is 6.04 Å². The number of aryl methyl sites for hydroxylation is 1. The molecule has 1 rings (SSSR count). The second-order valence-corrected chi connectivity index (χ2v) is 5.87. The van der Waals surface area contributed by atoms with Gasteiger partial charge in [0.2, 0.25) is 10.0 Å². The van der Waals surface area contributed by atoms with Crippen LogP contribution in [0.25, 0.3) is 0 Å². The fraction of sp³-hybridized carbons (Fsp3) is 0.364. The summed E-state index contributed by atoms with van der Waals surface area (Å²) in [5.74, 6) is -3.30. The molecule has 0 amide bonds. The second kappa shape index (κ2) is 6.96. The minimum absolute atomic E-state index is 0.107. The summed E-state index contributed by atoms with van der Waals surface area (Å²) >= 11 is 0. The average molecular weight is 302 g/mol. The third kappa shape index (κ3) is 5.76. The average Bonchev–Trinajstić information content (AvgIpc) is 2.36. The van der Waals surface area contributed by atoms with Crippen LogP contribution >= 0.6 is 0 Å². The van der Waals surface area contributed by atoms with Crippen LogP contribution in [-0.2, 0) is 26.0 Å². The molecule has 1 atom stereocenters. The van der Waals surface area contributed by atoms with E-state index in [4.69, 9.17) is 10.2 Å². The predicted molar refractivity (Wildman–Crippen MR) is 68.5 cm³/mol. The summed E-state index contributed by atoms with van der Waals surface area (Å²) in [6.07, 6.45) is 0.799. The van der Waals surface area contributed by atoms with Crippen molar-refractivity contribution in [2.24, 2.45) is 0 Å². The first-order valence-electron chi connectivity index (χ1n) is 5.64. The zero-order valence-electron chi connectivity index (χ0n) is 10.4. The van der Waals surface area contributed by atoms with E-state index >= 15 is 0 Å². The highest BCUT2D eigenvalue weighted by Crippen LogP contribution is 2.01. The highest BCUT2D eigenvalue weighted by Gasteiger charge is 2.26. The Morgan fingerprint density at radius 2 is 2.00 bits per heavy atom. The molecule has 0 saturated heterocycles. The normalized spacial score (nSPS) is 12.8. The Balaban J connectivity index is 2.63. The molecule has 0 aliphatic carbocycles. The summed E-state index contributed by atoms with van der Waals surface area (Å²) in [5, 5.41) is 17.3. The fourth-order valence-corrected chi connectivity index (χ4v) is 2.63. The number of carboxylic acid groups (broad SMARTS) is 2. The van der Waals surface area contributed by atoms with Gasteiger partial charge in [-0.1, -0.05) is 6.07 Å². The number of hydrogen-bond donors (Lipinski definition) is 3. The number of nitrogens with zero attached hydrogens (tertiary/aromatic N) is 1. The summed E-state index contributed by atoms with van der Waals surface area (Å²) in [7, 11) is -3.90. The maximum Gasteiger partial charge on any atom is 0.322 e. The van der Waals surface area contributed by atoms with Crippen molar-refractivity contribution in [1.29, 1.82) is 0 Å². The molecule has 0 radical (unpaired) electrons. The lowest BCUT2D eigenvalue weighted by Gasteiger charge is -2.12. The molecule has 1 heterocycles. The second-order valence-electron chi connectivity index (χ2n) is 4.00. The van der Waals surface area contributed by atoms with E-state index in [1.807, 2.05) is 4.72 Å². The Morgan fingerprint density at radius 3 is 2.50 bits per heavy atom. The van der Waals surface area contributed by atoms with Crippen LogP contribution in [-0.4, -0.2) is 47.3 Å². The van der Waals surface area contributed by atoms with Crippen LogP contribution in [0.4, 0.5) is 0 Å². The van der Waals surface area contributed by atoms with Gasteiger partial charge in [-0.3, -0.25) is 14.6 Å². The number of rotatable bonds is 8. The largest absolute Gasteiger partial charge is 0.481 e. The number of hydrogen-bond acceptors (Lipinski definition) is 5. The maximum absolute atomic E-state index is 11.7. The Labute approximate surface area is 115 Å². The Kier molecular flexibility index (Phi) is 5.59. The molecule has 1 unspecified atom stereocenters. The van der Waals surface area contributed by atoms with Gasteiger partial charge in [-0.2, -0.15) is 0 Å². The molecular formula is C11H14N2O6S. The summed E-state index contributed by atoms with van der Waals surface area (Å²) in [5.41, 5.74) is 0.544. The van der Waals surface area contributed by atoms with Gasteiger partial charge in [0.25, 0.3) is 0 Å². The molecule has 1 aromatic rings. The molecule has 0 aromatic carbocycles. The predicted octanol–water partition coefficient (Wildman–Crippen LogP) is -0.529. The maximum atomic E-state index is 11.7. The van der Waals surface area contributed by atoms with Gasteiger partial charge in [-0.15, -0.1) is 0 Å².